The summed E-state index contributed by atoms with van der Waals surface area (Å²) in [5.41, 5.74) is 7.50. The predicted molar refractivity (Wildman–Crippen MR) is 130 cm³/mol. The number of aliphatic imine (C=N–C) groups is 1. The molecule has 0 radical (unpaired) electrons. The molecule has 1 heterocycles. The van der Waals surface area contributed by atoms with Crippen LogP contribution in [0.5, 0.6) is 0 Å². The number of ether oxygens (including phenoxy) is 1. The van der Waals surface area contributed by atoms with Crippen molar-refractivity contribution in [2.45, 2.75) is 59.5 Å². The molecule has 0 fully saturated rings. The van der Waals surface area contributed by atoms with Crippen LogP contribution in [0.1, 0.15) is 53.9 Å². The van der Waals surface area contributed by atoms with E-state index in [1.54, 1.807) is 11.3 Å². The summed E-state index contributed by atoms with van der Waals surface area (Å²) in [5, 5.41) is 4.96. The number of amides is 1. The molecule has 2 aromatic rings. The van der Waals surface area contributed by atoms with Gasteiger partial charge in [-0.3, -0.25) is 4.99 Å². The fourth-order valence-electron chi connectivity index (χ4n) is 2.78. The summed E-state index contributed by atoms with van der Waals surface area (Å²) in [5.74, 6) is 0. The van der Waals surface area contributed by atoms with Gasteiger partial charge in [-0.25, -0.2) is 14.8 Å². The van der Waals surface area contributed by atoms with Gasteiger partial charge in [0.05, 0.1) is 21.4 Å². The minimum atomic E-state index is -0.477. The van der Waals surface area contributed by atoms with Crippen LogP contribution in [0, 0.1) is 0 Å². The Labute approximate surface area is 189 Å². The monoisotopic (exact) mass is 445 g/mol. The fraction of sp³-hybridized carbons (Fsp3) is 0.522. The maximum atomic E-state index is 11.7. The average Bonchev–Trinajstić information content (AvgIpc) is 3.15. The van der Waals surface area contributed by atoms with E-state index < -0.39 is 5.60 Å². The Kier molecular flexibility index (Phi) is 9.94. The van der Waals surface area contributed by atoms with Gasteiger partial charge in [0.25, 0.3) is 0 Å². The van der Waals surface area contributed by atoms with E-state index in [0.717, 1.165) is 49.3 Å². The first-order chi connectivity index (χ1) is 14.8. The molecule has 0 aliphatic heterocycles. The molecule has 2 N–H and O–H groups in total. The molecular formula is C23H35N5O2S. The number of unbranched alkanes of at least 4 members (excludes halogenated alkanes) is 1. The minimum Gasteiger partial charge on any atom is -0.444 e. The Balaban J connectivity index is 1.81. The van der Waals surface area contributed by atoms with E-state index in [0.29, 0.717) is 6.54 Å². The summed E-state index contributed by atoms with van der Waals surface area (Å²) in [7, 11) is 0. The van der Waals surface area contributed by atoms with Gasteiger partial charge in [-0.1, -0.05) is 13.3 Å². The second kappa shape index (κ2) is 12.4. The van der Waals surface area contributed by atoms with E-state index >= 15 is 0 Å². The molecule has 170 valence electrons. The standard InChI is InChI=1S/C23H35N5O2S/c1-6-7-14-28(15-8-12-24-22(29)30-23(3,4)5)26-13-11-18(2)27-19-9-10-21-20(16-19)25-17-31-21/h9-11,13,16-17,26H,6-8,12,14-15H2,1-5H3,(H,24,29). The molecule has 1 amide bonds. The van der Waals surface area contributed by atoms with E-state index in [1.807, 2.05) is 57.6 Å². The number of fused-ring (bicyclic) bond motifs is 1. The number of hydrogen-bond donors (Lipinski definition) is 2. The van der Waals surface area contributed by atoms with Crippen molar-refractivity contribution in [3.05, 3.63) is 36.0 Å². The number of carbonyl (C=O) groups is 1. The maximum absolute atomic E-state index is 11.7. The molecule has 0 bridgehead atoms. The molecule has 0 saturated carbocycles. The summed E-state index contributed by atoms with van der Waals surface area (Å²) in [6.45, 7) is 12.1. The highest BCUT2D eigenvalue weighted by Crippen LogP contribution is 2.23. The third-order valence-electron chi connectivity index (χ3n) is 4.26. The largest absolute Gasteiger partial charge is 0.444 e. The number of carbonyl (C=O) groups excluding carboxylic acids is 1. The number of aromatic nitrogens is 1. The van der Waals surface area contributed by atoms with Crippen molar-refractivity contribution in [1.29, 1.82) is 0 Å². The SMILES string of the molecule is CCCCN(CCCNC(=O)OC(C)(C)C)NC=CC(C)=Nc1ccc2scnc2c1. The number of allylic oxidation sites excluding steroid dienone is 1. The Hall–Kier alpha value is -2.45. The molecular weight excluding hydrogens is 410 g/mol. The first-order valence-electron chi connectivity index (χ1n) is 10.8. The number of rotatable bonds is 11. The third kappa shape index (κ3) is 9.93. The van der Waals surface area contributed by atoms with Gasteiger partial charge in [-0.05, 0) is 64.8 Å². The Morgan fingerprint density at radius 2 is 2.06 bits per heavy atom. The van der Waals surface area contributed by atoms with Crippen molar-refractivity contribution in [3.8, 4) is 0 Å². The zero-order valence-electron chi connectivity index (χ0n) is 19.3. The molecule has 0 spiro atoms. The number of hydrazine groups is 1. The molecule has 0 unspecified atom stereocenters. The molecule has 1 aromatic carbocycles. The van der Waals surface area contributed by atoms with E-state index in [4.69, 9.17) is 4.74 Å². The third-order valence-corrected chi connectivity index (χ3v) is 5.07. The zero-order valence-corrected chi connectivity index (χ0v) is 20.1. The lowest BCUT2D eigenvalue weighted by Gasteiger charge is -2.23. The lowest BCUT2D eigenvalue weighted by molar-refractivity contribution is 0.0524. The topological polar surface area (TPSA) is 78.9 Å². The number of benzene rings is 1. The van der Waals surface area contributed by atoms with Gasteiger partial charge in [0.15, 0.2) is 0 Å². The van der Waals surface area contributed by atoms with E-state index in [1.165, 1.54) is 4.70 Å². The van der Waals surface area contributed by atoms with Gasteiger partial charge in [0.2, 0.25) is 0 Å². The van der Waals surface area contributed by atoms with Crippen LogP contribution in [-0.2, 0) is 4.74 Å². The molecule has 0 aliphatic carbocycles. The van der Waals surface area contributed by atoms with Crippen LogP contribution < -0.4 is 10.7 Å². The molecule has 8 heteroatoms. The number of alkyl carbamates (subject to hydrolysis) is 1. The van der Waals surface area contributed by atoms with E-state index in [9.17, 15) is 4.79 Å². The summed E-state index contributed by atoms with van der Waals surface area (Å²) >= 11 is 1.63. The van der Waals surface area contributed by atoms with Crippen LogP contribution >= 0.6 is 11.3 Å². The molecule has 0 saturated heterocycles. The molecule has 2 rings (SSSR count). The number of hydrogen-bond acceptors (Lipinski definition) is 7. The number of nitrogens with one attached hydrogen (secondary N) is 2. The first-order valence-corrected chi connectivity index (χ1v) is 11.7. The summed E-state index contributed by atoms with van der Waals surface area (Å²) in [6, 6.07) is 6.07. The number of nitrogens with zero attached hydrogens (tertiary/aromatic N) is 3. The second-order valence-electron chi connectivity index (χ2n) is 8.34. The van der Waals surface area contributed by atoms with Gasteiger partial charge in [0.1, 0.15) is 5.60 Å². The van der Waals surface area contributed by atoms with E-state index in [2.05, 4.69) is 38.7 Å². The van der Waals surface area contributed by atoms with Gasteiger partial charge < -0.3 is 15.5 Å². The second-order valence-corrected chi connectivity index (χ2v) is 9.23. The first kappa shape index (κ1) is 24.8. The Morgan fingerprint density at radius 3 is 2.81 bits per heavy atom. The summed E-state index contributed by atoms with van der Waals surface area (Å²) < 4.78 is 6.43. The van der Waals surface area contributed by atoms with Crippen LogP contribution in [0.3, 0.4) is 0 Å². The summed E-state index contributed by atoms with van der Waals surface area (Å²) in [6.07, 6.45) is 6.55. The Bertz CT molecular complexity index is 885. The van der Waals surface area contributed by atoms with Crippen molar-refractivity contribution >= 4 is 39.0 Å². The van der Waals surface area contributed by atoms with Crippen LogP contribution in [0.25, 0.3) is 10.2 Å². The van der Waals surface area contributed by atoms with Crippen molar-refractivity contribution in [2.75, 3.05) is 19.6 Å². The van der Waals surface area contributed by atoms with Crippen molar-refractivity contribution in [2.24, 2.45) is 4.99 Å². The summed E-state index contributed by atoms with van der Waals surface area (Å²) in [4.78, 5) is 20.7. The van der Waals surface area contributed by atoms with Gasteiger partial charge >= 0.3 is 6.09 Å². The fourth-order valence-corrected chi connectivity index (χ4v) is 3.44. The normalized spacial score (nSPS) is 12.6. The van der Waals surface area contributed by atoms with Crippen LogP contribution in [0.2, 0.25) is 0 Å². The zero-order chi connectivity index (χ0) is 22.7. The van der Waals surface area contributed by atoms with Gasteiger partial charge in [0, 0.05) is 31.5 Å². The van der Waals surface area contributed by atoms with Gasteiger partial charge in [-0.2, -0.15) is 0 Å². The molecule has 0 aliphatic rings. The molecule has 0 atom stereocenters. The van der Waals surface area contributed by atoms with Crippen LogP contribution in [-0.4, -0.2) is 47.0 Å². The quantitative estimate of drug-likeness (QED) is 0.274. The highest BCUT2D eigenvalue weighted by Gasteiger charge is 2.15. The highest BCUT2D eigenvalue weighted by molar-refractivity contribution is 7.16. The molecule has 7 nitrogen and oxygen atoms in total. The minimum absolute atomic E-state index is 0.372. The lowest BCUT2D eigenvalue weighted by atomic mass is 10.2. The van der Waals surface area contributed by atoms with Crippen molar-refractivity contribution < 1.29 is 9.53 Å². The molecule has 31 heavy (non-hydrogen) atoms. The van der Waals surface area contributed by atoms with Crippen LogP contribution in [0.4, 0.5) is 10.5 Å². The maximum Gasteiger partial charge on any atom is 0.407 e. The predicted octanol–water partition coefficient (Wildman–Crippen LogP) is 5.42. The smallest absolute Gasteiger partial charge is 0.407 e. The van der Waals surface area contributed by atoms with Crippen LogP contribution in [0.15, 0.2) is 41.0 Å². The molecule has 1 aromatic heterocycles. The highest BCUT2D eigenvalue weighted by atomic mass is 32.1. The van der Waals surface area contributed by atoms with E-state index in [-0.39, 0.29) is 6.09 Å². The average molecular weight is 446 g/mol. The van der Waals surface area contributed by atoms with Gasteiger partial charge in [-0.15, -0.1) is 11.3 Å². The lowest BCUT2D eigenvalue weighted by Crippen LogP contribution is -2.38. The van der Waals surface area contributed by atoms with Crippen molar-refractivity contribution in [1.82, 2.24) is 20.7 Å². The van der Waals surface area contributed by atoms with Crippen molar-refractivity contribution in [3.63, 3.8) is 0 Å². The Morgan fingerprint density at radius 1 is 1.29 bits per heavy atom. The number of thiazole rings is 1.